The van der Waals surface area contributed by atoms with Crippen LogP contribution in [-0.4, -0.2) is 17.3 Å². The van der Waals surface area contributed by atoms with E-state index in [9.17, 15) is 5.11 Å². The summed E-state index contributed by atoms with van der Waals surface area (Å²) in [5.74, 6) is 0. The third kappa shape index (κ3) is 2.31. The molecule has 0 saturated heterocycles. The first-order chi connectivity index (χ1) is 8.33. The van der Waals surface area contributed by atoms with E-state index in [0.717, 1.165) is 25.7 Å². The van der Waals surface area contributed by atoms with Crippen LogP contribution in [0.2, 0.25) is 0 Å². The van der Waals surface area contributed by atoms with Gasteiger partial charge in [0.05, 0.1) is 11.8 Å². The number of hydrogen-bond acceptors (Lipinski definition) is 3. The fraction of sp³-hybridized carbons (Fsp3) is 0.429. The number of anilines is 1. The number of hydrogen-bond donors (Lipinski definition) is 2. The summed E-state index contributed by atoms with van der Waals surface area (Å²) < 4.78 is 1.34. The van der Waals surface area contributed by atoms with E-state index in [2.05, 4.69) is 35.0 Å². The summed E-state index contributed by atoms with van der Waals surface area (Å²) in [5.41, 5.74) is 1.26. The van der Waals surface area contributed by atoms with E-state index < -0.39 is 0 Å². The van der Waals surface area contributed by atoms with Crippen molar-refractivity contribution in [3.63, 3.8) is 0 Å². The lowest BCUT2D eigenvalue weighted by Gasteiger charge is -2.26. The quantitative estimate of drug-likeness (QED) is 0.849. The van der Waals surface area contributed by atoms with E-state index >= 15 is 0 Å². The van der Waals surface area contributed by atoms with Crippen LogP contribution < -0.4 is 5.32 Å². The molecule has 0 unspecified atom stereocenters. The third-order valence-electron chi connectivity index (χ3n) is 3.54. The predicted molar refractivity (Wildman–Crippen MR) is 73.7 cm³/mol. The van der Waals surface area contributed by atoms with Crippen molar-refractivity contribution in [3.8, 4) is 0 Å². The average Bonchev–Trinajstić information content (AvgIpc) is 2.76. The molecule has 3 rings (SSSR count). The largest absolute Gasteiger partial charge is 0.393 e. The van der Waals surface area contributed by atoms with Gasteiger partial charge >= 0.3 is 0 Å². The van der Waals surface area contributed by atoms with E-state index in [1.54, 1.807) is 11.3 Å². The molecular formula is C14H17NOS. The number of thiophene rings is 1. The second-order valence-corrected chi connectivity index (χ2v) is 5.71. The molecule has 1 aliphatic carbocycles. The molecule has 0 aliphatic heterocycles. The Morgan fingerprint density at radius 3 is 2.71 bits per heavy atom. The molecule has 2 aromatic rings. The summed E-state index contributed by atoms with van der Waals surface area (Å²) in [6.07, 6.45) is 3.93. The first-order valence-electron chi connectivity index (χ1n) is 6.24. The standard InChI is InChI=1S/C14H17NOS/c16-11-7-5-10(6-8-11)15-13-9-17-14-4-2-1-3-12(13)14/h1-4,9-11,15-16H,5-8H2. The Morgan fingerprint density at radius 2 is 1.88 bits per heavy atom. The second-order valence-electron chi connectivity index (χ2n) is 4.80. The molecule has 17 heavy (non-hydrogen) atoms. The molecule has 1 aromatic heterocycles. The molecule has 1 heterocycles. The highest BCUT2D eigenvalue weighted by atomic mass is 32.1. The molecule has 0 bridgehead atoms. The highest BCUT2D eigenvalue weighted by molar-refractivity contribution is 7.17. The second kappa shape index (κ2) is 4.67. The molecule has 2 N–H and O–H groups in total. The molecule has 0 radical (unpaired) electrons. The Labute approximate surface area is 105 Å². The third-order valence-corrected chi connectivity index (χ3v) is 4.50. The maximum Gasteiger partial charge on any atom is 0.0541 e. The molecule has 1 aromatic carbocycles. The minimum absolute atomic E-state index is 0.0766. The van der Waals surface area contributed by atoms with Gasteiger partial charge in [-0.1, -0.05) is 18.2 Å². The fourth-order valence-electron chi connectivity index (χ4n) is 2.53. The molecule has 0 spiro atoms. The van der Waals surface area contributed by atoms with Gasteiger partial charge in [-0.15, -0.1) is 11.3 Å². The van der Waals surface area contributed by atoms with Crippen LogP contribution in [0.4, 0.5) is 5.69 Å². The van der Waals surface area contributed by atoms with Crippen LogP contribution >= 0.6 is 11.3 Å². The molecule has 90 valence electrons. The van der Waals surface area contributed by atoms with Crippen LogP contribution in [0.25, 0.3) is 10.1 Å². The summed E-state index contributed by atoms with van der Waals surface area (Å²) in [4.78, 5) is 0. The number of fused-ring (bicyclic) bond motifs is 1. The Morgan fingerprint density at radius 1 is 1.12 bits per heavy atom. The minimum Gasteiger partial charge on any atom is -0.393 e. The number of nitrogens with one attached hydrogen (secondary N) is 1. The Balaban J connectivity index is 1.76. The van der Waals surface area contributed by atoms with Gasteiger partial charge in [-0.3, -0.25) is 0 Å². The van der Waals surface area contributed by atoms with Gasteiger partial charge in [0.1, 0.15) is 0 Å². The maximum absolute atomic E-state index is 9.50. The maximum atomic E-state index is 9.50. The molecule has 1 saturated carbocycles. The first kappa shape index (κ1) is 11.1. The topological polar surface area (TPSA) is 32.3 Å². The van der Waals surface area contributed by atoms with Gasteiger partial charge in [0, 0.05) is 21.5 Å². The molecular weight excluding hydrogens is 230 g/mol. The van der Waals surface area contributed by atoms with Gasteiger partial charge in [0.25, 0.3) is 0 Å². The Bertz CT molecular complexity index is 500. The van der Waals surface area contributed by atoms with Gasteiger partial charge < -0.3 is 10.4 Å². The summed E-state index contributed by atoms with van der Waals surface area (Å²) in [6, 6.07) is 9.03. The van der Waals surface area contributed by atoms with Gasteiger partial charge in [-0.2, -0.15) is 0 Å². The normalized spacial score (nSPS) is 25.0. The zero-order chi connectivity index (χ0) is 11.7. The van der Waals surface area contributed by atoms with Crippen molar-refractivity contribution in [2.24, 2.45) is 0 Å². The smallest absolute Gasteiger partial charge is 0.0541 e. The van der Waals surface area contributed by atoms with Gasteiger partial charge in [0.2, 0.25) is 0 Å². The van der Waals surface area contributed by atoms with E-state index in [1.165, 1.54) is 15.8 Å². The van der Waals surface area contributed by atoms with Crippen LogP contribution in [-0.2, 0) is 0 Å². The lowest BCUT2D eigenvalue weighted by atomic mass is 9.93. The molecule has 1 aliphatic rings. The molecule has 3 heteroatoms. The highest BCUT2D eigenvalue weighted by Gasteiger charge is 2.19. The van der Waals surface area contributed by atoms with Crippen molar-refractivity contribution in [3.05, 3.63) is 29.6 Å². The summed E-state index contributed by atoms with van der Waals surface area (Å²) in [7, 11) is 0. The van der Waals surface area contributed by atoms with Gasteiger partial charge in [-0.25, -0.2) is 0 Å². The lowest BCUT2D eigenvalue weighted by molar-refractivity contribution is 0.126. The lowest BCUT2D eigenvalue weighted by Crippen LogP contribution is -2.28. The monoisotopic (exact) mass is 247 g/mol. The summed E-state index contributed by atoms with van der Waals surface area (Å²) >= 11 is 1.79. The fourth-order valence-corrected chi connectivity index (χ4v) is 3.43. The number of benzene rings is 1. The Kier molecular flexibility index (Phi) is 3.04. The van der Waals surface area contributed by atoms with E-state index in [0.29, 0.717) is 6.04 Å². The van der Waals surface area contributed by atoms with E-state index in [1.807, 2.05) is 0 Å². The number of aliphatic hydroxyl groups excluding tert-OH is 1. The van der Waals surface area contributed by atoms with Crippen LogP contribution in [0.3, 0.4) is 0 Å². The van der Waals surface area contributed by atoms with Crippen LogP contribution in [0.15, 0.2) is 29.6 Å². The van der Waals surface area contributed by atoms with Crippen molar-refractivity contribution >= 4 is 27.1 Å². The average molecular weight is 247 g/mol. The predicted octanol–water partition coefficient (Wildman–Crippen LogP) is 3.62. The zero-order valence-corrected chi connectivity index (χ0v) is 10.5. The van der Waals surface area contributed by atoms with E-state index in [-0.39, 0.29) is 6.10 Å². The van der Waals surface area contributed by atoms with Crippen LogP contribution in [0.1, 0.15) is 25.7 Å². The summed E-state index contributed by atoms with van der Waals surface area (Å²) in [5, 5.41) is 16.6. The molecule has 0 amide bonds. The van der Waals surface area contributed by atoms with Crippen molar-refractivity contribution in [1.29, 1.82) is 0 Å². The minimum atomic E-state index is -0.0766. The van der Waals surface area contributed by atoms with Gasteiger partial charge in [-0.05, 0) is 31.7 Å². The van der Waals surface area contributed by atoms with E-state index in [4.69, 9.17) is 0 Å². The molecule has 1 fully saturated rings. The first-order valence-corrected chi connectivity index (χ1v) is 7.12. The van der Waals surface area contributed by atoms with Crippen molar-refractivity contribution < 1.29 is 5.11 Å². The van der Waals surface area contributed by atoms with Gasteiger partial charge in [0.15, 0.2) is 0 Å². The Hall–Kier alpha value is -1.06. The summed E-state index contributed by atoms with van der Waals surface area (Å²) in [6.45, 7) is 0. The zero-order valence-electron chi connectivity index (χ0n) is 9.73. The van der Waals surface area contributed by atoms with Crippen molar-refractivity contribution in [2.45, 2.75) is 37.8 Å². The molecule has 0 atom stereocenters. The number of aliphatic hydroxyl groups is 1. The van der Waals surface area contributed by atoms with Crippen molar-refractivity contribution in [1.82, 2.24) is 0 Å². The van der Waals surface area contributed by atoms with Crippen molar-refractivity contribution in [2.75, 3.05) is 5.32 Å². The van der Waals surface area contributed by atoms with Crippen LogP contribution in [0.5, 0.6) is 0 Å². The highest BCUT2D eigenvalue weighted by Crippen LogP contribution is 2.32. The van der Waals surface area contributed by atoms with Crippen LogP contribution in [0, 0.1) is 0 Å². The number of rotatable bonds is 2. The molecule has 2 nitrogen and oxygen atoms in total. The SMILES string of the molecule is OC1CCC(Nc2csc3ccccc23)CC1.